The molecule has 4 N–H and O–H groups in total. The first-order valence-electron chi connectivity index (χ1n) is 3.43. The number of hydrogen-bond donors (Lipinski definition) is 4. The lowest BCUT2D eigenvalue weighted by Gasteiger charge is -2.18. The quantitative estimate of drug-likeness (QED) is 0.361. The largest absolute Gasteiger partial charge is 0.394 e. The van der Waals surface area contributed by atoms with Gasteiger partial charge in [0.25, 0.3) is 0 Å². The minimum atomic E-state index is -1.12. The van der Waals surface area contributed by atoms with Gasteiger partial charge in [0.1, 0.15) is 24.4 Å². The zero-order valence-corrected chi connectivity index (χ0v) is 5.92. The molecule has 0 aromatic rings. The monoisotopic (exact) mass is 164 g/mol. The van der Waals surface area contributed by atoms with Gasteiger partial charge in [-0.1, -0.05) is 0 Å². The van der Waals surface area contributed by atoms with Crippen LogP contribution in [0.15, 0.2) is 0 Å². The number of rotatable bonds is 2. The molecule has 11 heavy (non-hydrogen) atoms. The molecule has 1 rings (SSSR count). The van der Waals surface area contributed by atoms with Crippen LogP contribution in [0.3, 0.4) is 0 Å². The fourth-order valence-electron chi connectivity index (χ4n) is 1.07. The van der Waals surface area contributed by atoms with Crippen molar-refractivity contribution in [3.8, 4) is 0 Å². The normalized spacial score (nSPS) is 40.9. The molecular formula is C6H12O5. The van der Waals surface area contributed by atoms with Gasteiger partial charge in [0, 0.05) is 0 Å². The highest BCUT2D eigenvalue weighted by Gasteiger charge is 2.38. The molecule has 0 spiro atoms. The summed E-state index contributed by atoms with van der Waals surface area (Å²) in [6.45, 7) is -0.475. The van der Waals surface area contributed by atoms with E-state index in [2.05, 4.69) is 0 Å². The van der Waals surface area contributed by atoms with Gasteiger partial charge in [-0.2, -0.15) is 0 Å². The lowest BCUT2D eigenvalue weighted by atomic mass is 10.1. The van der Waals surface area contributed by atoms with E-state index in [4.69, 9.17) is 25.2 Å². The number of ether oxygens (including phenoxy) is 1. The second kappa shape index (κ2) is 3.46. The summed E-state index contributed by atoms with van der Waals surface area (Å²) < 4.78 is 4.82. The van der Waals surface area contributed by atoms with Crippen LogP contribution in [0.4, 0.5) is 0 Å². The SMILES string of the molecule is OC[C@@H](O)[C@H]1OCC(O)[C@H]1O. The van der Waals surface area contributed by atoms with Crippen molar-refractivity contribution in [2.75, 3.05) is 13.2 Å². The van der Waals surface area contributed by atoms with E-state index >= 15 is 0 Å². The van der Waals surface area contributed by atoms with Crippen LogP contribution in [0, 0.1) is 0 Å². The van der Waals surface area contributed by atoms with Crippen molar-refractivity contribution in [3.05, 3.63) is 0 Å². The lowest BCUT2D eigenvalue weighted by Crippen LogP contribution is -2.40. The molecule has 0 aromatic carbocycles. The molecule has 0 amide bonds. The van der Waals surface area contributed by atoms with Crippen LogP contribution in [0.1, 0.15) is 0 Å². The zero-order chi connectivity index (χ0) is 8.43. The molecule has 4 atom stereocenters. The van der Waals surface area contributed by atoms with Crippen LogP contribution >= 0.6 is 0 Å². The molecule has 5 heteroatoms. The topological polar surface area (TPSA) is 90.2 Å². The predicted molar refractivity (Wildman–Crippen MR) is 34.8 cm³/mol. The standard InChI is InChI=1S/C6H12O5/c7-1-3(8)6-5(10)4(9)2-11-6/h3-10H,1-2H2/t3-,4?,5-,6-/m1/s1. The van der Waals surface area contributed by atoms with Gasteiger partial charge in [-0.3, -0.25) is 0 Å². The summed E-state index contributed by atoms with van der Waals surface area (Å²) in [6, 6.07) is 0. The summed E-state index contributed by atoms with van der Waals surface area (Å²) in [5.41, 5.74) is 0. The first kappa shape index (κ1) is 8.89. The van der Waals surface area contributed by atoms with E-state index in [-0.39, 0.29) is 6.61 Å². The fourth-order valence-corrected chi connectivity index (χ4v) is 1.07. The Kier molecular flexibility index (Phi) is 2.80. The molecule has 1 heterocycles. The third-order valence-corrected chi connectivity index (χ3v) is 1.76. The second-order valence-corrected chi connectivity index (χ2v) is 2.61. The number of aliphatic hydroxyl groups excluding tert-OH is 4. The Balaban J connectivity index is 2.47. The van der Waals surface area contributed by atoms with Crippen molar-refractivity contribution >= 4 is 0 Å². The van der Waals surface area contributed by atoms with Gasteiger partial charge in [-0.05, 0) is 0 Å². The Hall–Kier alpha value is -0.200. The molecule has 0 aromatic heterocycles. The molecule has 1 aliphatic heterocycles. The minimum Gasteiger partial charge on any atom is -0.394 e. The highest BCUT2D eigenvalue weighted by Crippen LogP contribution is 2.16. The van der Waals surface area contributed by atoms with Crippen LogP contribution < -0.4 is 0 Å². The molecular weight excluding hydrogens is 152 g/mol. The molecule has 1 unspecified atom stereocenters. The second-order valence-electron chi connectivity index (χ2n) is 2.61. The summed E-state index contributed by atoms with van der Waals surface area (Å²) >= 11 is 0. The summed E-state index contributed by atoms with van der Waals surface area (Å²) in [5, 5.41) is 35.5. The first-order chi connectivity index (χ1) is 5.16. The van der Waals surface area contributed by atoms with Crippen LogP contribution in [0.5, 0.6) is 0 Å². The van der Waals surface area contributed by atoms with Gasteiger partial charge < -0.3 is 25.2 Å². The maximum Gasteiger partial charge on any atom is 0.114 e. The molecule has 1 aliphatic rings. The highest BCUT2D eigenvalue weighted by molar-refractivity contribution is 4.87. The van der Waals surface area contributed by atoms with E-state index in [9.17, 15) is 0 Å². The summed E-state index contributed by atoms with van der Waals surface area (Å²) in [6.07, 6.45) is -4.05. The van der Waals surface area contributed by atoms with Gasteiger partial charge >= 0.3 is 0 Å². The third-order valence-electron chi connectivity index (χ3n) is 1.76. The number of hydrogen-bond acceptors (Lipinski definition) is 5. The van der Waals surface area contributed by atoms with E-state index in [1.807, 2.05) is 0 Å². The van der Waals surface area contributed by atoms with Crippen molar-refractivity contribution in [2.24, 2.45) is 0 Å². The Morgan fingerprint density at radius 1 is 1.45 bits per heavy atom. The van der Waals surface area contributed by atoms with Gasteiger partial charge in [0.15, 0.2) is 0 Å². The highest BCUT2D eigenvalue weighted by atomic mass is 16.5. The average molecular weight is 164 g/mol. The zero-order valence-electron chi connectivity index (χ0n) is 5.92. The molecule has 1 fully saturated rings. The molecule has 0 bridgehead atoms. The minimum absolute atomic E-state index is 0.00287. The third kappa shape index (κ3) is 1.69. The van der Waals surface area contributed by atoms with Crippen molar-refractivity contribution in [3.63, 3.8) is 0 Å². The van der Waals surface area contributed by atoms with Crippen molar-refractivity contribution < 1.29 is 25.2 Å². The van der Waals surface area contributed by atoms with E-state index in [1.165, 1.54) is 0 Å². The summed E-state index contributed by atoms with van der Waals surface area (Å²) in [4.78, 5) is 0. The maximum absolute atomic E-state index is 9.11. The summed E-state index contributed by atoms with van der Waals surface area (Å²) in [7, 11) is 0. The van der Waals surface area contributed by atoms with E-state index in [0.29, 0.717) is 0 Å². The van der Waals surface area contributed by atoms with Crippen molar-refractivity contribution in [1.29, 1.82) is 0 Å². The Bertz CT molecular complexity index is 128. The fraction of sp³-hybridized carbons (Fsp3) is 1.00. The van der Waals surface area contributed by atoms with Crippen LogP contribution in [0.2, 0.25) is 0 Å². The van der Waals surface area contributed by atoms with E-state index in [0.717, 1.165) is 0 Å². The predicted octanol–water partition coefficient (Wildman–Crippen LogP) is -2.54. The Morgan fingerprint density at radius 3 is 2.45 bits per heavy atom. The lowest BCUT2D eigenvalue weighted by molar-refractivity contribution is -0.0684. The van der Waals surface area contributed by atoms with Crippen molar-refractivity contribution in [2.45, 2.75) is 24.4 Å². The Labute approximate surface area is 63.8 Å². The van der Waals surface area contributed by atoms with Crippen LogP contribution in [-0.4, -0.2) is 58.1 Å². The first-order valence-corrected chi connectivity index (χ1v) is 3.43. The Morgan fingerprint density at radius 2 is 2.09 bits per heavy atom. The maximum atomic E-state index is 9.11. The molecule has 0 saturated carbocycles. The molecule has 1 saturated heterocycles. The molecule has 0 radical (unpaired) electrons. The van der Waals surface area contributed by atoms with Gasteiger partial charge in [0.05, 0.1) is 13.2 Å². The molecule has 66 valence electrons. The smallest absolute Gasteiger partial charge is 0.114 e. The van der Waals surface area contributed by atoms with Crippen LogP contribution in [0.25, 0.3) is 0 Å². The van der Waals surface area contributed by atoms with E-state index < -0.39 is 31.0 Å². The van der Waals surface area contributed by atoms with Gasteiger partial charge in [-0.15, -0.1) is 0 Å². The van der Waals surface area contributed by atoms with E-state index in [1.54, 1.807) is 0 Å². The summed E-state index contributed by atoms with van der Waals surface area (Å²) in [5.74, 6) is 0. The van der Waals surface area contributed by atoms with Gasteiger partial charge in [-0.25, -0.2) is 0 Å². The molecule has 5 nitrogen and oxygen atoms in total. The van der Waals surface area contributed by atoms with Crippen LogP contribution in [-0.2, 0) is 4.74 Å². The van der Waals surface area contributed by atoms with Gasteiger partial charge in [0.2, 0.25) is 0 Å². The molecule has 0 aliphatic carbocycles. The number of aliphatic hydroxyl groups is 4. The average Bonchev–Trinajstić information content (AvgIpc) is 2.32. The van der Waals surface area contributed by atoms with Crippen molar-refractivity contribution in [1.82, 2.24) is 0 Å².